The second-order valence-corrected chi connectivity index (χ2v) is 3.91. The second-order valence-electron chi connectivity index (χ2n) is 3.91. The fourth-order valence-electron chi connectivity index (χ4n) is 1.61. The van der Waals surface area contributed by atoms with Crippen LogP contribution in [0.1, 0.15) is 31.4 Å². The minimum absolute atomic E-state index is 0.333. The molecule has 1 aromatic heterocycles. The first-order valence-electron chi connectivity index (χ1n) is 5.38. The standard InChI is InChI=1S/C10H16F3N3O/c1-2-3-8(14)9(6-17)16-5-7(4-15-16)10(11,12)13/h4-5,8-9,17H,2-3,6,14H2,1H3. The quantitative estimate of drug-likeness (QED) is 0.834. The van der Waals surface area contributed by atoms with Gasteiger partial charge in [0.25, 0.3) is 0 Å². The van der Waals surface area contributed by atoms with Gasteiger partial charge in [0, 0.05) is 12.2 Å². The van der Waals surface area contributed by atoms with Crippen molar-refractivity contribution in [3.05, 3.63) is 18.0 Å². The van der Waals surface area contributed by atoms with Crippen LogP contribution in [0.5, 0.6) is 0 Å². The molecule has 17 heavy (non-hydrogen) atoms. The molecule has 0 amide bonds. The van der Waals surface area contributed by atoms with Crippen LogP contribution in [0, 0.1) is 0 Å². The molecule has 0 aliphatic heterocycles. The monoisotopic (exact) mass is 251 g/mol. The molecule has 4 nitrogen and oxygen atoms in total. The predicted octanol–water partition coefficient (Wildman–Crippen LogP) is 1.56. The lowest BCUT2D eigenvalue weighted by molar-refractivity contribution is -0.137. The van der Waals surface area contributed by atoms with Crippen molar-refractivity contribution in [2.24, 2.45) is 5.73 Å². The van der Waals surface area contributed by atoms with E-state index in [-0.39, 0.29) is 6.61 Å². The molecular formula is C10H16F3N3O. The number of nitrogens with two attached hydrogens (primary N) is 1. The van der Waals surface area contributed by atoms with Gasteiger partial charge in [0.1, 0.15) is 0 Å². The van der Waals surface area contributed by atoms with Crippen molar-refractivity contribution in [2.45, 2.75) is 38.0 Å². The van der Waals surface area contributed by atoms with E-state index in [4.69, 9.17) is 10.8 Å². The Kier molecular flexibility index (Phi) is 4.53. The Bertz CT molecular complexity index is 351. The Hall–Kier alpha value is -1.08. The van der Waals surface area contributed by atoms with Crippen LogP contribution in [0.25, 0.3) is 0 Å². The van der Waals surface area contributed by atoms with Crippen molar-refractivity contribution < 1.29 is 18.3 Å². The molecule has 7 heteroatoms. The lowest BCUT2D eigenvalue weighted by atomic mass is 10.1. The summed E-state index contributed by atoms with van der Waals surface area (Å²) in [6, 6.07) is -1.03. The molecule has 2 unspecified atom stereocenters. The van der Waals surface area contributed by atoms with Gasteiger partial charge in [-0.1, -0.05) is 13.3 Å². The second kappa shape index (κ2) is 5.50. The Morgan fingerprint density at radius 1 is 1.53 bits per heavy atom. The molecule has 0 spiro atoms. The van der Waals surface area contributed by atoms with Gasteiger partial charge in [0.2, 0.25) is 0 Å². The molecule has 2 atom stereocenters. The third-order valence-electron chi connectivity index (χ3n) is 2.57. The summed E-state index contributed by atoms with van der Waals surface area (Å²) in [5, 5.41) is 12.8. The van der Waals surface area contributed by atoms with Crippen LogP contribution in [-0.4, -0.2) is 27.5 Å². The van der Waals surface area contributed by atoms with Gasteiger partial charge in [-0.15, -0.1) is 0 Å². The summed E-state index contributed by atoms with van der Waals surface area (Å²) in [6.45, 7) is 1.58. The summed E-state index contributed by atoms with van der Waals surface area (Å²) in [7, 11) is 0. The molecule has 0 bridgehead atoms. The van der Waals surface area contributed by atoms with Gasteiger partial charge < -0.3 is 10.8 Å². The lowest BCUT2D eigenvalue weighted by Crippen LogP contribution is -2.34. The molecule has 0 fully saturated rings. The van der Waals surface area contributed by atoms with E-state index in [0.717, 1.165) is 23.5 Å². The van der Waals surface area contributed by atoms with E-state index in [9.17, 15) is 13.2 Å². The molecular weight excluding hydrogens is 235 g/mol. The molecule has 0 aliphatic rings. The predicted molar refractivity (Wildman–Crippen MR) is 56.2 cm³/mol. The average Bonchev–Trinajstić information content (AvgIpc) is 2.68. The fraction of sp³-hybridized carbons (Fsp3) is 0.700. The number of hydrogen-bond acceptors (Lipinski definition) is 3. The number of rotatable bonds is 5. The van der Waals surface area contributed by atoms with Crippen LogP contribution < -0.4 is 5.73 Å². The maximum atomic E-state index is 12.4. The summed E-state index contributed by atoms with van der Waals surface area (Å²) < 4.78 is 38.2. The number of hydrogen-bond donors (Lipinski definition) is 2. The zero-order valence-electron chi connectivity index (χ0n) is 9.48. The maximum Gasteiger partial charge on any atom is 0.419 e. The number of aromatic nitrogens is 2. The van der Waals surface area contributed by atoms with Gasteiger partial charge in [0.15, 0.2) is 0 Å². The summed E-state index contributed by atoms with van der Waals surface area (Å²) in [5.74, 6) is 0. The smallest absolute Gasteiger partial charge is 0.394 e. The largest absolute Gasteiger partial charge is 0.419 e. The van der Waals surface area contributed by atoms with Crippen molar-refractivity contribution in [2.75, 3.05) is 6.61 Å². The first-order chi connectivity index (χ1) is 7.90. The summed E-state index contributed by atoms with van der Waals surface area (Å²) in [5.41, 5.74) is 4.95. The van der Waals surface area contributed by atoms with E-state index in [1.54, 1.807) is 0 Å². The zero-order valence-corrected chi connectivity index (χ0v) is 9.48. The molecule has 0 radical (unpaired) electrons. The van der Waals surface area contributed by atoms with Crippen molar-refractivity contribution in [1.82, 2.24) is 9.78 Å². The first kappa shape index (κ1) is 14.0. The van der Waals surface area contributed by atoms with E-state index in [1.807, 2.05) is 6.92 Å². The number of halogens is 3. The third kappa shape index (κ3) is 3.44. The Morgan fingerprint density at radius 2 is 2.18 bits per heavy atom. The van der Waals surface area contributed by atoms with Crippen LogP contribution in [0.4, 0.5) is 13.2 Å². The van der Waals surface area contributed by atoms with E-state index < -0.39 is 23.8 Å². The van der Waals surface area contributed by atoms with E-state index >= 15 is 0 Å². The minimum Gasteiger partial charge on any atom is -0.394 e. The first-order valence-corrected chi connectivity index (χ1v) is 5.38. The molecule has 0 saturated heterocycles. The highest BCUT2D eigenvalue weighted by Crippen LogP contribution is 2.29. The molecule has 0 aliphatic carbocycles. The normalized spacial score (nSPS) is 15.9. The highest BCUT2D eigenvalue weighted by molar-refractivity contribution is 5.09. The molecule has 1 rings (SSSR count). The van der Waals surface area contributed by atoms with Gasteiger partial charge in [-0.3, -0.25) is 4.68 Å². The number of aliphatic hydroxyl groups excluding tert-OH is 1. The van der Waals surface area contributed by atoms with Crippen molar-refractivity contribution >= 4 is 0 Å². The van der Waals surface area contributed by atoms with Gasteiger partial charge in [-0.05, 0) is 6.42 Å². The van der Waals surface area contributed by atoms with E-state index in [2.05, 4.69) is 5.10 Å². The maximum absolute atomic E-state index is 12.4. The number of nitrogens with zero attached hydrogens (tertiary/aromatic N) is 2. The van der Waals surface area contributed by atoms with Crippen molar-refractivity contribution in [3.8, 4) is 0 Å². The molecule has 0 saturated carbocycles. The minimum atomic E-state index is -4.42. The highest BCUT2D eigenvalue weighted by Gasteiger charge is 2.33. The van der Waals surface area contributed by atoms with Gasteiger partial charge in [-0.25, -0.2) is 0 Å². The average molecular weight is 251 g/mol. The van der Waals surface area contributed by atoms with Crippen LogP contribution >= 0.6 is 0 Å². The van der Waals surface area contributed by atoms with Crippen LogP contribution in [0.15, 0.2) is 12.4 Å². The number of alkyl halides is 3. The molecule has 1 heterocycles. The van der Waals surface area contributed by atoms with Gasteiger partial charge >= 0.3 is 6.18 Å². The van der Waals surface area contributed by atoms with Crippen molar-refractivity contribution in [1.29, 1.82) is 0 Å². The van der Waals surface area contributed by atoms with Crippen LogP contribution in [0.2, 0.25) is 0 Å². The van der Waals surface area contributed by atoms with Crippen LogP contribution in [-0.2, 0) is 6.18 Å². The molecule has 3 N–H and O–H groups in total. The third-order valence-corrected chi connectivity index (χ3v) is 2.57. The van der Waals surface area contributed by atoms with Crippen molar-refractivity contribution in [3.63, 3.8) is 0 Å². The van der Waals surface area contributed by atoms with Gasteiger partial charge in [-0.2, -0.15) is 18.3 Å². The Morgan fingerprint density at radius 3 is 2.59 bits per heavy atom. The summed E-state index contributed by atoms with van der Waals surface area (Å²) in [4.78, 5) is 0. The number of aliphatic hydroxyl groups is 1. The zero-order chi connectivity index (χ0) is 13.1. The molecule has 0 aromatic carbocycles. The lowest BCUT2D eigenvalue weighted by Gasteiger charge is -2.21. The summed E-state index contributed by atoms with van der Waals surface area (Å²) >= 11 is 0. The Balaban J connectivity index is 2.86. The Labute approximate surface area is 97.2 Å². The molecule has 98 valence electrons. The van der Waals surface area contributed by atoms with Gasteiger partial charge in [0.05, 0.1) is 24.4 Å². The topological polar surface area (TPSA) is 64.1 Å². The van der Waals surface area contributed by atoms with E-state index in [1.165, 1.54) is 0 Å². The summed E-state index contributed by atoms with van der Waals surface area (Å²) in [6.07, 6.45) is -1.40. The molecule has 1 aromatic rings. The highest BCUT2D eigenvalue weighted by atomic mass is 19.4. The van der Waals surface area contributed by atoms with Crippen LogP contribution in [0.3, 0.4) is 0 Å². The van der Waals surface area contributed by atoms with E-state index in [0.29, 0.717) is 6.42 Å². The SMILES string of the molecule is CCCC(N)C(CO)n1cc(C(F)(F)F)cn1. The fourth-order valence-corrected chi connectivity index (χ4v) is 1.61.